The first-order chi connectivity index (χ1) is 15.0. The maximum atomic E-state index is 14.0. The zero-order chi connectivity index (χ0) is 22.0. The van der Waals surface area contributed by atoms with Gasteiger partial charge in [0.05, 0.1) is 5.56 Å². The van der Waals surface area contributed by atoms with Gasteiger partial charge in [-0.15, -0.1) is 0 Å². The van der Waals surface area contributed by atoms with Crippen molar-refractivity contribution in [2.24, 2.45) is 0 Å². The van der Waals surface area contributed by atoms with E-state index in [0.717, 1.165) is 17.7 Å². The summed E-state index contributed by atoms with van der Waals surface area (Å²) in [6.07, 6.45) is 1.83. The molecule has 6 nitrogen and oxygen atoms in total. The standard InChI is InChI=1S/C24H26FN3O3/c1-2-22(29)28-13-10-17-16-18(8-9-21(17)28)23(30)26-11-5-12-27(15-14-26)24(31)19-6-3-4-7-20(19)25/h3-4,6-9,16H,2,5,10-15H2,1H3. The normalized spacial score (nSPS) is 16.1. The second-order valence-corrected chi connectivity index (χ2v) is 7.91. The van der Waals surface area contributed by atoms with Crippen molar-refractivity contribution in [3.8, 4) is 0 Å². The number of nitrogens with zero attached hydrogens (tertiary/aromatic N) is 3. The van der Waals surface area contributed by atoms with Crippen molar-refractivity contribution in [2.75, 3.05) is 37.6 Å². The highest BCUT2D eigenvalue weighted by atomic mass is 19.1. The van der Waals surface area contributed by atoms with E-state index in [-0.39, 0.29) is 23.3 Å². The van der Waals surface area contributed by atoms with Crippen LogP contribution in [0.1, 0.15) is 46.0 Å². The maximum Gasteiger partial charge on any atom is 0.256 e. The summed E-state index contributed by atoms with van der Waals surface area (Å²) in [5, 5.41) is 0. The summed E-state index contributed by atoms with van der Waals surface area (Å²) in [5.41, 5.74) is 2.56. The first-order valence-corrected chi connectivity index (χ1v) is 10.8. The van der Waals surface area contributed by atoms with Crippen LogP contribution in [0.4, 0.5) is 10.1 Å². The maximum absolute atomic E-state index is 14.0. The Labute approximate surface area is 181 Å². The van der Waals surface area contributed by atoms with Crippen LogP contribution in [0.25, 0.3) is 0 Å². The molecule has 0 bridgehead atoms. The molecule has 3 amide bonds. The predicted octanol–water partition coefficient (Wildman–Crippen LogP) is 3.11. The van der Waals surface area contributed by atoms with Gasteiger partial charge >= 0.3 is 0 Å². The zero-order valence-electron chi connectivity index (χ0n) is 17.6. The molecule has 1 saturated heterocycles. The molecule has 162 valence electrons. The van der Waals surface area contributed by atoms with Gasteiger partial charge in [-0.1, -0.05) is 19.1 Å². The largest absolute Gasteiger partial charge is 0.337 e. The third-order valence-corrected chi connectivity index (χ3v) is 6.00. The van der Waals surface area contributed by atoms with E-state index in [1.807, 2.05) is 19.1 Å². The van der Waals surface area contributed by atoms with Gasteiger partial charge in [0.2, 0.25) is 5.91 Å². The van der Waals surface area contributed by atoms with Crippen molar-refractivity contribution in [3.05, 3.63) is 65.0 Å². The number of anilines is 1. The van der Waals surface area contributed by atoms with Crippen molar-refractivity contribution >= 4 is 23.4 Å². The molecular formula is C24H26FN3O3. The average Bonchev–Trinajstić information content (AvgIpc) is 3.06. The number of amides is 3. The molecule has 2 aromatic carbocycles. The molecule has 0 aliphatic carbocycles. The molecular weight excluding hydrogens is 397 g/mol. The van der Waals surface area contributed by atoms with Crippen LogP contribution in [0.15, 0.2) is 42.5 Å². The van der Waals surface area contributed by atoms with Gasteiger partial charge in [0.1, 0.15) is 5.82 Å². The topological polar surface area (TPSA) is 60.9 Å². The van der Waals surface area contributed by atoms with E-state index >= 15 is 0 Å². The Morgan fingerprint density at radius 2 is 1.61 bits per heavy atom. The fourth-order valence-corrected chi connectivity index (χ4v) is 4.30. The second kappa shape index (κ2) is 8.88. The minimum absolute atomic E-state index is 0.0621. The first-order valence-electron chi connectivity index (χ1n) is 10.8. The van der Waals surface area contributed by atoms with Crippen LogP contribution in [0.2, 0.25) is 0 Å². The van der Waals surface area contributed by atoms with E-state index in [0.29, 0.717) is 51.1 Å². The number of carbonyl (C=O) groups excluding carboxylic acids is 3. The zero-order valence-corrected chi connectivity index (χ0v) is 17.6. The summed E-state index contributed by atoms with van der Waals surface area (Å²) in [6, 6.07) is 11.5. The van der Waals surface area contributed by atoms with Crippen LogP contribution in [0.5, 0.6) is 0 Å². The molecule has 2 heterocycles. The van der Waals surface area contributed by atoms with Gasteiger partial charge in [0.25, 0.3) is 11.8 Å². The summed E-state index contributed by atoms with van der Waals surface area (Å²) in [5.74, 6) is -0.864. The summed E-state index contributed by atoms with van der Waals surface area (Å²) in [7, 11) is 0. The van der Waals surface area contributed by atoms with Gasteiger partial charge in [-0.2, -0.15) is 0 Å². The van der Waals surface area contributed by atoms with Gasteiger partial charge in [0.15, 0.2) is 0 Å². The Hall–Kier alpha value is -3.22. The minimum Gasteiger partial charge on any atom is -0.337 e. The molecule has 2 aliphatic rings. The van der Waals surface area contributed by atoms with Crippen LogP contribution >= 0.6 is 0 Å². The number of benzene rings is 2. The van der Waals surface area contributed by atoms with Crippen molar-refractivity contribution in [2.45, 2.75) is 26.2 Å². The SMILES string of the molecule is CCC(=O)N1CCc2cc(C(=O)N3CCCN(C(=O)c4ccccc4F)CC3)ccc21. The highest BCUT2D eigenvalue weighted by molar-refractivity contribution is 5.98. The number of hydrogen-bond donors (Lipinski definition) is 0. The smallest absolute Gasteiger partial charge is 0.256 e. The quantitative estimate of drug-likeness (QED) is 0.762. The molecule has 0 atom stereocenters. The highest BCUT2D eigenvalue weighted by Crippen LogP contribution is 2.30. The number of halogens is 1. The fraction of sp³-hybridized carbons (Fsp3) is 0.375. The molecule has 0 radical (unpaired) electrons. The lowest BCUT2D eigenvalue weighted by Gasteiger charge is -2.23. The van der Waals surface area contributed by atoms with E-state index in [1.54, 1.807) is 32.9 Å². The minimum atomic E-state index is -0.529. The molecule has 0 unspecified atom stereocenters. The van der Waals surface area contributed by atoms with Crippen LogP contribution < -0.4 is 4.90 Å². The van der Waals surface area contributed by atoms with Crippen molar-refractivity contribution in [3.63, 3.8) is 0 Å². The number of rotatable bonds is 3. The molecule has 31 heavy (non-hydrogen) atoms. The van der Waals surface area contributed by atoms with Gasteiger partial charge in [-0.25, -0.2) is 4.39 Å². The van der Waals surface area contributed by atoms with Gasteiger partial charge in [-0.3, -0.25) is 14.4 Å². The lowest BCUT2D eigenvalue weighted by atomic mass is 10.1. The van der Waals surface area contributed by atoms with Crippen LogP contribution in [-0.2, 0) is 11.2 Å². The Bertz CT molecular complexity index is 1020. The Balaban J connectivity index is 1.44. The van der Waals surface area contributed by atoms with E-state index in [2.05, 4.69) is 0 Å². The van der Waals surface area contributed by atoms with Gasteiger partial charge < -0.3 is 14.7 Å². The molecule has 0 aromatic heterocycles. The highest BCUT2D eigenvalue weighted by Gasteiger charge is 2.27. The Morgan fingerprint density at radius 1 is 0.903 bits per heavy atom. The van der Waals surface area contributed by atoms with E-state index < -0.39 is 5.82 Å². The fourth-order valence-electron chi connectivity index (χ4n) is 4.30. The van der Waals surface area contributed by atoms with E-state index in [9.17, 15) is 18.8 Å². The van der Waals surface area contributed by atoms with Crippen molar-refractivity contribution < 1.29 is 18.8 Å². The molecule has 0 N–H and O–H groups in total. The van der Waals surface area contributed by atoms with Crippen LogP contribution in [0.3, 0.4) is 0 Å². The van der Waals surface area contributed by atoms with E-state index in [1.165, 1.54) is 12.1 Å². The van der Waals surface area contributed by atoms with Crippen LogP contribution in [0, 0.1) is 5.82 Å². The molecule has 7 heteroatoms. The summed E-state index contributed by atoms with van der Waals surface area (Å²) >= 11 is 0. The average molecular weight is 423 g/mol. The molecule has 2 aliphatic heterocycles. The monoisotopic (exact) mass is 423 g/mol. The summed E-state index contributed by atoms with van der Waals surface area (Å²) in [4.78, 5) is 43.0. The second-order valence-electron chi connectivity index (χ2n) is 7.91. The number of carbonyl (C=O) groups is 3. The van der Waals surface area contributed by atoms with Gasteiger partial charge in [-0.05, 0) is 48.7 Å². The molecule has 2 aromatic rings. The number of hydrogen-bond acceptors (Lipinski definition) is 3. The lowest BCUT2D eigenvalue weighted by molar-refractivity contribution is -0.118. The van der Waals surface area contributed by atoms with E-state index in [4.69, 9.17) is 0 Å². The summed E-state index contributed by atoms with van der Waals surface area (Å²) < 4.78 is 14.0. The predicted molar refractivity (Wildman–Crippen MR) is 116 cm³/mol. The Kier molecular flexibility index (Phi) is 6.02. The van der Waals surface area contributed by atoms with Gasteiger partial charge in [0, 0.05) is 50.4 Å². The molecule has 1 fully saturated rings. The third-order valence-electron chi connectivity index (χ3n) is 6.00. The van der Waals surface area contributed by atoms with Crippen LogP contribution in [-0.4, -0.2) is 60.2 Å². The number of fused-ring (bicyclic) bond motifs is 1. The lowest BCUT2D eigenvalue weighted by Crippen LogP contribution is -2.37. The van der Waals surface area contributed by atoms with Crippen molar-refractivity contribution in [1.29, 1.82) is 0 Å². The molecule has 0 saturated carbocycles. The van der Waals surface area contributed by atoms with Crippen molar-refractivity contribution in [1.82, 2.24) is 9.80 Å². The Morgan fingerprint density at radius 3 is 2.32 bits per heavy atom. The molecule has 4 rings (SSSR count). The first kappa shape index (κ1) is 21.0. The summed E-state index contributed by atoms with van der Waals surface area (Å²) in [6.45, 7) is 4.28. The molecule has 0 spiro atoms. The third kappa shape index (κ3) is 4.17.